The molecule has 6 heteroatoms. The summed E-state index contributed by atoms with van der Waals surface area (Å²) in [6, 6.07) is 7.25. The summed E-state index contributed by atoms with van der Waals surface area (Å²) >= 11 is 6.95. The van der Waals surface area contributed by atoms with E-state index in [9.17, 15) is 9.59 Å². The Morgan fingerprint density at radius 1 is 1.18 bits per heavy atom. The molecule has 2 aliphatic rings. The van der Waals surface area contributed by atoms with Gasteiger partial charge in [0.25, 0.3) is 11.1 Å². The van der Waals surface area contributed by atoms with Crippen LogP contribution < -0.4 is 0 Å². The zero-order valence-electron chi connectivity index (χ0n) is 12.1. The molecule has 0 unspecified atom stereocenters. The van der Waals surface area contributed by atoms with Gasteiger partial charge in [0, 0.05) is 5.02 Å². The quantitative estimate of drug-likeness (QED) is 0.787. The molecular formula is C16H17ClN2O2S. The number of thioether (sulfide) groups is 1. The first-order valence-corrected chi connectivity index (χ1v) is 8.56. The standard InChI is InChI=1S/C16H17ClN2O2S/c17-13-6-4-5-12(9-13)10-14-15(20)19(16(21)22-14)11-18-7-2-1-3-8-18/h4-6,9-10H,1-3,7-8,11H2/b14-10+. The van der Waals surface area contributed by atoms with Crippen LogP contribution in [0.3, 0.4) is 0 Å². The van der Waals surface area contributed by atoms with E-state index in [2.05, 4.69) is 4.90 Å². The van der Waals surface area contributed by atoms with Crippen molar-refractivity contribution < 1.29 is 9.59 Å². The van der Waals surface area contributed by atoms with Crippen molar-refractivity contribution in [2.24, 2.45) is 0 Å². The maximum absolute atomic E-state index is 12.4. The van der Waals surface area contributed by atoms with Crippen LogP contribution in [0.25, 0.3) is 6.08 Å². The first-order chi connectivity index (χ1) is 10.6. The normalized spacial score (nSPS) is 21.9. The van der Waals surface area contributed by atoms with Gasteiger partial charge in [-0.3, -0.25) is 19.4 Å². The highest BCUT2D eigenvalue weighted by molar-refractivity contribution is 8.18. The molecule has 1 aromatic rings. The van der Waals surface area contributed by atoms with E-state index in [1.807, 2.05) is 12.1 Å². The number of benzene rings is 1. The average Bonchev–Trinajstić information content (AvgIpc) is 2.76. The van der Waals surface area contributed by atoms with Crippen molar-refractivity contribution in [3.8, 4) is 0 Å². The molecule has 2 saturated heterocycles. The zero-order chi connectivity index (χ0) is 15.5. The molecule has 0 N–H and O–H groups in total. The van der Waals surface area contributed by atoms with Crippen molar-refractivity contribution in [1.82, 2.24) is 9.80 Å². The monoisotopic (exact) mass is 336 g/mol. The van der Waals surface area contributed by atoms with Gasteiger partial charge in [-0.1, -0.05) is 30.2 Å². The van der Waals surface area contributed by atoms with Gasteiger partial charge in [-0.25, -0.2) is 0 Å². The van der Waals surface area contributed by atoms with Crippen LogP contribution in [-0.4, -0.2) is 40.7 Å². The highest BCUT2D eigenvalue weighted by Crippen LogP contribution is 2.32. The molecule has 2 fully saturated rings. The SMILES string of the molecule is O=C1S/C(=C/c2cccc(Cl)c2)C(=O)N1CN1CCCCC1. The van der Waals surface area contributed by atoms with Gasteiger partial charge in [0.05, 0.1) is 11.6 Å². The van der Waals surface area contributed by atoms with Crippen molar-refractivity contribution >= 4 is 40.6 Å². The minimum atomic E-state index is -0.208. The maximum Gasteiger partial charge on any atom is 0.294 e. The topological polar surface area (TPSA) is 40.6 Å². The molecule has 3 rings (SSSR count). The van der Waals surface area contributed by atoms with E-state index in [1.165, 1.54) is 11.3 Å². The Bertz CT molecular complexity index is 626. The second kappa shape index (κ2) is 6.86. The Balaban J connectivity index is 1.73. The van der Waals surface area contributed by atoms with Crippen LogP contribution in [0.1, 0.15) is 24.8 Å². The fourth-order valence-corrected chi connectivity index (χ4v) is 3.70. The van der Waals surface area contributed by atoms with Crippen molar-refractivity contribution in [3.63, 3.8) is 0 Å². The first-order valence-electron chi connectivity index (χ1n) is 7.37. The molecule has 0 aromatic heterocycles. The molecule has 0 saturated carbocycles. The molecule has 0 atom stereocenters. The number of nitrogens with zero attached hydrogens (tertiary/aromatic N) is 2. The van der Waals surface area contributed by atoms with Crippen molar-refractivity contribution in [2.45, 2.75) is 19.3 Å². The fraction of sp³-hybridized carbons (Fsp3) is 0.375. The lowest BCUT2D eigenvalue weighted by Crippen LogP contribution is -2.42. The van der Waals surface area contributed by atoms with E-state index in [-0.39, 0.29) is 11.1 Å². The maximum atomic E-state index is 12.4. The molecule has 22 heavy (non-hydrogen) atoms. The Labute approximate surface area is 139 Å². The van der Waals surface area contributed by atoms with Gasteiger partial charge in [0.15, 0.2) is 0 Å². The minimum absolute atomic E-state index is 0.191. The summed E-state index contributed by atoms with van der Waals surface area (Å²) < 4.78 is 0. The number of halogens is 1. The molecule has 4 nitrogen and oxygen atoms in total. The summed E-state index contributed by atoms with van der Waals surface area (Å²) in [7, 11) is 0. The molecule has 116 valence electrons. The van der Waals surface area contributed by atoms with Crippen molar-refractivity contribution in [2.75, 3.05) is 19.8 Å². The van der Waals surface area contributed by atoms with Crippen LogP contribution in [-0.2, 0) is 4.79 Å². The number of likely N-dealkylation sites (tertiary alicyclic amines) is 1. The summed E-state index contributed by atoms with van der Waals surface area (Å²) in [5.74, 6) is -0.208. The summed E-state index contributed by atoms with van der Waals surface area (Å²) in [6.45, 7) is 2.31. The van der Waals surface area contributed by atoms with Crippen molar-refractivity contribution in [3.05, 3.63) is 39.8 Å². The molecule has 2 heterocycles. The molecular weight excluding hydrogens is 320 g/mol. The largest absolute Gasteiger partial charge is 0.294 e. The lowest BCUT2D eigenvalue weighted by molar-refractivity contribution is -0.124. The summed E-state index contributed by atoms with van der Waals surface area (Å²) in [4.78, 5) is 28.5. The lowest BCUT2D eigenvalue weighted by atomic mass is 10.1. The van der Waals surface area contributed by atoms with Gasteiger partial charge in [0.1, 0.15) is 0 Å². The predicted octanol–water partition coefficient (Wildman–Crippen LogP) is 3.82. The number of imide groups is 1. The highest BCUT2D eigenvalue weighted by Gasteiger charge is 2.36. The van der Waals surface area contributed by atoms with E-state index in [0.717, 1.165) is 43.3 Å². The van der Waals surface area contributed by atoms with Gasteiger partial charge >= 0.3 is 0 Å². The summed E-state index contributed by atoms with van der Waals surface area (Å²) in [5.41, 5.74) is 0.830. The van der Waals surface area contributed by atoms with Gasteiger partial charge in [0.2, 0.25) is 0 Å². The van der Waals surface area contributed by atoms with E-state index >= 15 is 0 Å². The predicted molar refractivity (Wildman–Crippen MR) is 89.6 cm³/mol. The number of piperidine rings is 1. The van der Waals surface area contributed by atoms with Crippen LogP contribution >= 0.6 is 23.4 Å². The van der Waals surface area contributed by atoms with Crippen LogP contribution in [0.5, 0.6) is 0 Å². The van der Waals surface area contributed by atoms with Crippen molar-refractivity contribution in [1.29, 1.82) is 0 Å². The second-order valence-electron chi connectivity index (χ2n) is 5.48. The van der Waals surface area contributed by atoms with Crippen LogP contribution in [0.4, 0.5) is 4.79 Å². The number of carbonyl (C=O) groups excluding carboxylic acids is 2. The molecule has 1 aromatic carbocycles. The highest BCUT2D eigenvalue weighted by atomic mass is 35.5. The molecule has 0 aliphatic carbocycles. The lowest BCUT2D eigenvalue weighted by Gasteiger charge is -2.29. The Hall–Kier alpha value is -1.30. The molecule has 0 bridgehead atoms. The Morgan fingerprint density at radius 2 is 1.95 bits per heavy atom. The second-order valence-corrected chi connectivity index (χ2v) is 6.91. The molecule has 0 spiro atoms. The third-order valence-electron chi connectivity index (χ3n) is 3.81. The third-order valence-corrected chi connectivity index (χ3v) is 4.95. The third kappa shape index (κ3) is 3.54. The zero-order valence-corrected chi connectivity index (χ0v) is 13.7. The Kier molecular flexibility index (Phi) is 4.86. The van der Waals surface area contributed by atoms with Gasteiger partial charge in [-0.05, 0) is 61.5 Å². The summed E-state index contributed by atoms with van der Waals surface area (Å²) in [5, 5.41) is 0.421. The fourth-order valence-electron chi connectivity index (χ4n) is 2.67. The first kappa shape index (κ1) is 15.6. The van der Waals surface area contributed by atoms with Crippen LogP contribution in [0, 0.1) is 0 Å². The molecule has 2 aliphatic heterocycles. The smallest absolute Gasteiger partial charge is 0.286 e. The number of rotatable bonds is 3. The number of hydrogen-bond acceptors (Lipinski definition) is 4. The molecule has 2 amide bonds. The van der Waals surface area contributed by atoms with Gasteiger partial charge in [-0.2, -0.15) is 0 Å². The van der Waals surface area contributed by atoms with E-state index in [1.54, 1.807) is 18.2 Å². The minimum Gasteiger partial charge on any atom is -0.286 e. The van der Waals surface area contributed by atoms with Crippen LogP contribution in [0.2, 0.25) is 5.02 Å². The van der Waals surface area contributed by atoms with E-state index < -0.39 is 0 Å². The van der Waals surface area contributed by atoms with E-state index in [0.29, 0.717) is 16.6 Å². The average molecular weight is 337 g/mol. The van der Waals surface area contributed by atoms with Crippen LogP contribution in [0.15, 0.2) is 29.2 Å². The number of carbonyl (C=O) groups is 2. The number of amides is 2. The van der Waals surface area contributed by atoms with Gasteiger partial charge in [-0.15, -0.1) is 0 Å². The summed E-state index contributed by atoms with van der Waals surface area (Å²) in [6.07, 6.45) is 5.23. The number of hydrogen-bond donors (Lipinski definition) is 0. The Morgan fingerprint density at radius 3 is 2.68 bits per heavy atom. The van der Waals surface area contributed by atoms with Gasteiger partial charge < -0.3 is 0 Å². The van der Waals surface area contributed by atoms with E-state index in [4.69, 9.17) is 11.6 Å². The molecule has 0 radical (unpaired) electrons.